The molecule has 130 valence electrons. The van der Waals surface area contributed by atoms with E-state index in [9.17, 15) is 14.9 Å². The number of ether oxygens (including phenoxy) is 1. The number of hydrogen-bond acceptors (Lipinski definition) is 6. The number of aromatic nitrogens is 2. The molecule has 1 heterocycles. The Morgan fingerprint density at radius 3 is 2.60 bits per heavy atom. The van der Waals surface area contributed by atoms with Crippen molar-refractivity contribution in [3.63, 3.8) is 0 Å². The summed E-state index contributed by atoms with van der Waals surface area (Å²) in [4.78, 5) is 31.3. The van der Waals surface area contributed by atoms with Gasteiger partial charge in [0.05, 0.1) is 11.8 Å². The molecule has 1 N–H and O–H groups in total. The molecular formula is C18H19N3O3S. The van der Waals surface area contributed by atoms with Gasteiger partial charge in [-0.15, -0.1) is 0 Å². The molecule has 0 saturated heterocycles. The highest BCUT2D eigenvalue weighted by atomic mass is 32.2. The molecule has 1 aromatic carbocycles. The summed E-state index contributed by atoms with van der Waals surface area (Å²) < 4.78 is 5.23. The summed E-state index contributed by atoms with van der Waals surface area (Å²) in [5, 5.41) is 9.08. The smallest absolute Gasteiger partial charge is 0.319 e. The van der Waals surface area contributed by atoms with Crippen LogP contribution in [0.2, 0.25) is 0 Å². The van der Waals surface area contributed by atoms with E-state index in [0.717, 1.165) is 11.8 Å². The fourth-order valence-corrected chi connectivity index (χ4v) is 3.04. The minimum atomic E-state index is -0.522. The molecule has 0 aliphatic carbocycles. The van der Waals surface area contributed by atoms with Crippen LogP contribution < -0.4 is 5.56 Å². The Kier molecular flexibility index (Phi) is 6.37. The van der Waals surface area contributed by atoms with E-state index < -0.39 is 10.8 Å². The Labute approximate surface area is 150 Å². The van der Waals surface area contributed by atoms with Crippen LogP contribution >= 0.6 is 11.8 Å². The Bertz CT molecular complexity index is 841. The maximum Gasteiger partial charge on any atom is 0.319 e. The summed E-state index contributed by atoms with van der Waals surface area (Å²) in [7, 11) is 0. The van der Waals surface area contributed by atoms with E-state index in [1.165, 1.54) is 0 Å². The van der Waals surface area contributed by atoms with Crippen LogP contribution in [0.5, 0.6) is 0 Å². The molecule has 0 amide bonds. The first kappa shape index (κ1) is 18.7. The number of carbonyl (C=O) groups is 1. The SMILES string of the molecule is CC[C@@H](Sc1nc(-c2ccccc2)c(C#N)c(=O)[nH]1)C(=O)OC(C)C. The summed E-state index contributed by atoms with van der Waals surface area (Å²) >= 11 is 1.13. The lowest BCUT2D eigenvalue weighted by molar-refractivity contribution is -0.146. The van der Waals surface area contributed by atoms with Crippen LogP contribution in [0.3, 0.4) is 0 Å². The van der Waals surface area contributed by atoms with Crippen molar-refractivity contribution in [2.24, 2.45) is 0 Å². The molecule has 0 aliphatic rings. The Hall–Kier alpha value is -2.59. The van der Waals surface area contributed by atoms with Gasteiger partial charge in [-0.05, 0) is 20.3 Å². The molecule has 1 aromatic heterocycles. The van der Waals surface area contributed by atoms with Crippen LogP contribution in [-0.2, 0) is 9.53 Å². The number of nitriles is 1. The number of rotatable bonds is 6. The molecular weight excluding hydrogens is 338 g/mol. The van der Waals surface area contributed by atoms with E-state index in [2.05, 4.69) is 9.97 Å². The number of nitrogens with one attached hydrogen (secondary N) is 1. The molecule has 25 heavy (non-hydrogen) atoms. The minimum Gasteiger partial charge on any atom is -0.462 e. The molecule has 0 fully saturated rings. The summed E-state index contributed by atoms with van der Waals surface area (Å²) in [5.74, 6) is -0.351. The molecule has 1 atom stereocenters. The van der Waals surface area contributed by atoms with Crippen molar-refractivity contribution in [2.75, 3.05) is 0 Å². The number of thioether (sulfide) groups is 1. The highest BCUT2D eigenvalue weighted by molar-refractivity contribution is 8.00. The lowest BCUT2D eigenvalue weighted by Gasteiger charge is -2.15. The Morgan fingerprint density at radius 2 is 2.04 bits per heavy atom. The molecule has 0 spiro atoms. The van der Waals surface area contributed by atoms with Crippen LogP contribution in [0.4, 0.5) is 0 Å². The second-order valence-corrected chi connectivity index (χ2v) is 6.76. The summed E-state index contributed by atoms with van der Waals surface area (Å²) in [5.41, 5.74) is 0.408. The summed E-state index contributed by atoms with van der Waals surface area (Å²) in [6.07, 6.45) is 0.315. The molecule has 6 nitrogen and oxygen atoms in total. The third-order valence-corrected chi connectivity index (χ3v) is 4.52. The third-order valence-electron chi connectivity index (χ3n) is 3.30. The second-order valence-electron chi connectivity index (χ2n) is 5.57. The van der Waals surface area contributed by atoms with Gasteiger partial charge in [-0.3, -0.25) is 9.59 Å². The topological polar surface area (TPSA) is 95.8 Å². The number of benzene rings is 1. The van der Waals surface area contributed by atoms with E-state index in [-0.39, 0.29) is 22.8 Å². The largest absolute Gasteiger partial charge is 0.462 e. The molecule has 7 heteroatoms. The van der Waals surface area contributed by atoms with Crippen LogP contribution in [0.1, 0.15) is 32.8 Å². The van der Waals surface area contributed by atoms with E-state index in [0.29, 0.717) is 17.7 Å². The highest BCUT2D eigenvalue weighted by Crippen LogP contribution is 2.26. The number of hydrogen-bond donors (Lipinski definition) is 1. The Morgan fingerprint density at radius 1 is 1.36 bits per heavy atom. The van der Waals surface area contributed by atoms with Crippen molar-refractivity contribution in [3.05, 3.63) is 46.2 Å². The zero-order valence-electron chi connectivity index (χ0n) is 14.3. The summed E-state index contributed by atoms with van der Waals surface area (Å²) in [6, 6.07) is 10.9. The van der Waals surface area contributed by atoms with Crippen LogP contribution in [0, 0.1) is 11.3 Å². The van der Waals surface area contributed by atoms with Gasteiger partial charge in [0.15, 0.2) is 5.16 Å². The molecule has 0 bridgehead atoms. The standard InChI is InChI=1S/C18H19N3O3S/c1-4-14(17(23)24-11(2)3)25-18-20-15(12-8-6-5-7-9-12)13(10-19)16(22)21-18/h5-9,11,14H,4H2,1-3H3,(H,20,21,22)/t14-/m1/s1. The van der Waals surface area contributed by atoms with Gasteiger partial charge in [0, 0.05) is 5.56 Å². The van der Waals surface area contributed by atoms with E-state index in [1.54, 1.807) is 38.1 Å². The lowest BCUT2D eigenvalue weighted by atomic mass is 10.1. The average Bonchev–Trinajstić information content (AvgIpc) is 2.59. The van der Waals surface area contributed by atoms with Gasteiger partial charge in [-0.1, -0.05) is 49.0 Å². The van der Waals surface area contributed by atoms with Crippen LogP contribution in [-0.4, -0.2) is 27.3 Å². The van der Waals surface area contributed by atoms with Crippen LogP contribution in [0.25, 0.3) is 11.3 Å². The molecule has 0 saturated carbocycles. The third kappa shape index (κ3) is 4.70. The van der Waals surface area contributed by atoms with Gasteiger partial charge in [0.2, 0.25) is 0 Å². The molecule has 2 rings (SSSR count). The van der Waals surface area contributed by atoms with Gasteiger partial charge in [-0.25, -0.2) is 4.98 Å². The number of nitrogens with zero attached hydrogens (tertiary/aromatic N) is 2. The molecule has 2 aromatic rings. The van der Waals surface area contributed by atoms with E-state index in [1.807, 2.05) is 19.1 Å². The van der Waals surface area contributed by atoms with E-state index in [4.69, 9.17) is 4.74 Å². The van der Waals surface area contributed by atoms with Crippen LogP contribution in [0.15, 0.2) is 40.3 Å². The van der Waals surface area contributed by atoms with Gasteiger partial charge >= 0.3 is 5.97 Å². The van der Waals surface area contributed by atoms with Crippen molar-refractivity contribution >= 4 is 17.7 Å². The fourth-order valence-electron chi connectivity index (χ4n) is 2.16. The average molecular weight is 357 g/mol. The van der Waals surface area contributed by atoms with Crippen molar-refractivity contribution < 1.29 is 9.53 Å². The number of esters is 1. The minimum absolute atomic E-state index is 0.0478. The monoisotopic (exact) mass is 357 g/mol. The van der Waals surface area contributed by atoms with Gasteiger partial charge in [-0.2, -0.15) is 5.26 Å². The first-order valence-electron chi connectivity index (χ1n) is 7.93. The first-order chi connectivity index (χ1) is 12.0. The van der Waals surface area contributed by atoms with E-state index >= 15 is 0 Å². The van der Waals surface area contributed by atoms with Crippen molar-refractivity contribution in [1.82, 2.24) is 9.97 Å². The maximum atomic E-state index is 12.2. The van der Waals surface area contributed by atoms with Crippen molar-refractivity contribution in [2.45, 2.75) is 43.7 Å². The number of H-pyrrole nitrogens is 1. The van der Waals surface area contributed by atoms with Crippen molar-refractivity contribution in [3.8, 4) is 17.3 Å². The highest BCUT2D eigenvalue weighted by Gasteiger charge is 2.23. The number of aromatic amines is 1. The van der Waals surface area contributed by atoms with Crippen molar-refractivity contribution in [1.29, 1.82) is 5.26 Å². The fraction of sp³-hybridized carbons (Fsp3) is 0.333. The maximum absolute atomic E-state index is 12.2. The predicted molar refractivity (Wildman–Crippen MR) is 96.2 cm³/mol. The normalized spacial score (nSPS) is 11.8. The Balaban J connectivity index is 2.40. The zero-order chi connectivity index (χ0) is 18.4. The quantitative estimate of drug-likeness (QED) is 0.485. The molecule has 0 unspecified atom stereocenters. The zero-order valence-corrected chi connectivity index (χ0v) is 15.1. The second kappa shape index (κ2) is 8.49. The molecule has 0 aliphatic heterocycles. The van der Waals surface area contributed by atoms with Gasteiger partial charge < -0.3 is 9.72 Å². The number of carbonyl (C=O) groups excluding carboxylic acids is 1. The predicted octanol–water partition coefficient (Wildman–Crippen LogP) is 3.13. The van der Waals surface area contributed by atoms with Gasteiger partial charge in [0.25, 0.3) is 5.56 Å². The summed E-state index contributed by atoms with van der Waals surface area (Å²) in [6.45, 7) is 5.42. The lowest BCUT2D eigenvalue weighted by Crippen LogP contribution is -2.24. The molecule has 0 radical (unpaired) electrons. The van der Waals surface area contributed by atoms with Gasteiger partial charge in [0.1, 0.15) is 16.9 Å². The first-order valence-corrected chi connectivity index (χ1v) is 8.81.